The molecule has 0 saturated heterocycles. The Hall–Kier alpha value is -2.33. The molecule has 2 aromatic rings. The fraction of sp³-hybridized carbons (Fsp3) is 0.316. The number of nitrogens with one attached hydrogen (secondary N) is 1. The molecule has 120 valence electrons. The summed E-state index contributed by atoms with van der Waals surface area (Å²) in [5.41, 5.74) is 3.94. The third-order valence-electron chi connectivity index (χ3n) is 4.44. The molecule has 0 spiro atoms. The van der Waals surface area contributed by atoms with E-state index in [1.165, 1.54) is 11.3 Å². The molecule has 1 heterocycles. The van der Waals surface area contributed by atoms with Crippen LogP contribution < -0.4 is 10.2 Å². The van der Waals surface area contributed by atoms with E-state index in [-0.39, 0.29) is 0 Å². The number of aromatic carboxylic acids is 1. The molecule has 0 aliphatic carbocycles. The van der Waals surface area contributed by atoms with Gasteiger partial charge in [-0.15, -0.1) is 0 Å². The lowest BCUT2D eigenvalue weighted by Crippen LogP contribution is -2.21. The third-order valence-corrected chi connectivity index (χ3v) is 4.44. The van der Waals surface area contributed by atoms with E-state index in [9.17, 15) is 4.79 Å². The van der Waals surface area contributed by atoms with E-state index in [2.05, 4.69) is 41.5 Å². The first-order chi connectivity index (χ1) is 11.1. The Labute approximate surface area is 136 Å². The fourth-order valence-electron chi connectivity index (χ4n) is 3.21. The Balaban J connectivity index is 1.76. The molecule has 0 saturated carbocycles. The standard InChI is InChI=1S/C19H22N2O2/c1-21-11-5-9-17(16-8-2-3-10-18(16)21)20-13-14-6-4-7-15(12-14)19(22)23/h2-4,6-8,10,12,17,20H,5,9,11,13H2,1H3,(H,22,23). The van der Waals surface area contributed by atoms with Crippen molar-refractivity contribution in [1.82, 2.24) is 5.32 Å². The Kier molecular flexibility index (Phi) is 4.63. The molecule has 1 aliphatic heterocycles. The van der Waals surface area contributed by atoms with Crippen molar-refractivity contribution in [3.05, 3.63) is 65.2 Å². The van der Waals surface area contributed by atoms with E-state index in [4.69, 9.17) is 5.11 Å². The van der Waals surface area contributed by atoms with Gasteiger partial charge in [0.2, 0.25) is 0 Å². The van der Waals surface area contributed by atoms with Gasteiger partial charge in [0.25, 0.3) is 0 Å². The van der Waals surface area contributed by atoms with E-state index >= 15 is 0 Å². The summed E-state index contributed by atoms with van der Waals surface area (Å²) in [5.74, 6) is -0.881. The number of fused-ring (bicyclic) bond motifs is 1. The van der Waals surface area contributed by atoms with Crippen molar-refractivity contribution in [2.75, 3.05) is 18.5 Å². The van der Waals surface area contributed by atoms with Gasteiger partial charge in [0.15, 0.2) is 0 Å². The minimum atomic E-state index is -0.881. The average molecular weight is 310 g/mol. The zero-order chi connectivity index (χ0) is 16.2. The van der Waals surface area contributed by atoms with Crippen LogP contribution in [0.25, 0.3) is 0 Å². The van der Waals surface area contributed by atoms with Crippen LogP contribution in [0.3, 0.4) is 0 Å². The maximum absolute atomic E-state index is 11.1. The number of carboxylic acid groups (broad SMARTS) is 1. The number of anilines is 1. The average Bonchev–Trinajstić information content (AvgIpc) is 2.73. The van der Waals surface area contributed by atoms with Crippen molar-refractivity contribution >= 4 is 11.7 Å². The Bertz CT molecular complexity index is 699. The normalized spacial score (nSPS) is 17.4. The van der Waals surface area contributed by atoms with Gasteiger partial charge in [-0.25, -0.2) is 4.79 Å². The van der Waals surface area contributed by atoms with Crippen LogP contribution in [0.1, 0.15) is 40.4 Å². The van der Waals surface area contributed by atoms with Crippen LogP contribution in [0.15, 0.2) is 48.5 Å². The Morgan fingerprint density at radius 2 is 2.09 bits per heavy atom. The van der Waals surface area contributed by atoms with E-state index in [0.717, 1.165) is 24.9 Å². The zero-order valence-electron chi connectivity index (χ0n) is 13.3. The second kappa shape index (κ2) is 6.84. The van der Waals surface area contributed by atoms with Gasteiger partial charge in [-0.1, -0.05) is 30.3 Å². The lowest BCUT2D eigenvalue weighted by Gasteiger charge is -2.22. The van der Waals surface area contributed by atoms with Gasteiger partial charge in [-0.2, -0.15) is 0 Å². The fourth-order valence-corrected chi connectivity index (χ4v) is 3.21. The number of carboxylic acids is 1. The number of benzene rings is 2. The predicted octanol–water partition coefficient (Wildman–Crippen LogP) is 3.45. The van der Waals surface area contributed by atoms with Crippen molar-refractivity contribution in [3.63, 3.8) is 0 Å². The summed E-state index contributed by atoms with van der Waals surface area (Å²) in [6.07, 6.45) is 2.22. The first-order valence-electron chi connectivity index (χ1n) is 8.01. The number of carbonyl (C=O) groups is 1. The first kappa shape index (κ1) is 15.6. The third kappa shape index (κ3) is 3.54. The van der Waals surface area contributed by atoms with E-state index in [1.807, 2.05) is 6.07 Å². The molecule has 3 rings (SSSR count). The van der Waals surface area contributed by atoms with Crippen LogP contribution in [-0.2, 0) is 6.54 Å². The quantitative estimate of drug-likeness (QED) is 0.908. The number of rotatable bonds is 4. The maximum atomic E-state index is 11.1. The van der Waals surface area contributed by atoms with E-state index in [1.54, 1.807) is 18.2 Å². The maximum Gasteiger partial charge on any atom is 0.335 e. The second-order valence-electron chi connectivity index (χ2n) is 6.06. The van der Waals surface area contributed by atoms with Crippen molar-refractivity contribution < 1.29 is 9.90 Å². The first-order valence-corrected chi connectivity index (χ1v) is 8.01. The highest BCUT2D eigenvalue weighted by molar-refractivity contribution is 5.87. The van der Waals surface area contributed by atoms with Crippen LogP contribution in [0, 0.1) is 0 Å². The molecule has 4 heteroatoms. The van der Waals surface area contributed by atoms with Crippen molar-refractivity contribution in [2.24, 2.45) is 0 Å². The summed E-state index contributed by atoms with van der Waals surface area (Å²) < 4.78 is 0. The van der Waals surface area contributed by atoms with Gasteiger partial charge in [0, 0.05) is 31.9 Å². The zero-order valence-corrected chi connectivity index (χ0v) is 13.3. The monoisotopic (exact) mass is 310 g/mol. The second-order valence-corrected chi connectivity index (χ2v) is 6.06. The van der Waals surface area contributed by atoms with Crippen molar-refractivity contribution in [2.45, 2.75) is 25.4 Å². The molecule has 0 aromatic heterocycles. The van der Waals surface area contributed by atoms with Gasteiger partial charge < -0.3 is 15.3 Å². The summed E-state index contributed by atoms with van der Waals surface area (Å²) in [7, 11) is 2.14. The minimum absolute atomic E-state index is 0.296. The van der Waals surface area contributed by atoms with Gasteiger partial charge in [0.05, 0.1) is 5.56 Å². The topological polar surface area (TPSA) is 52.6 Å². The molecule has 0 bridgehead atoms. The Morgan fingerprint density at radius 1 is 1.26 bits per heavy atom. The Morgan fingerprint density at radius 3 is 2.91 bits per heavy atom. The van der Waals surface area contributed by atoms with Crippen LogP contribution in [0.4, 0.5) is 5.69 Å². The molecular weight excluding hydrogens is 288 g/mol. The highest BCUT2D eigenvalue weighted by atomic mass is 16.4. The van der Waals surface area contributed by atoms with Crippen LogP contribution in [0.5, 0.6) is 0 Å². The van der Waals surface area contributed by atoms with Crippen molar-refractivity contribution in [3.8, 4) is 0 Å². The number of hydrogen-bond acceptors (Lipinski definition) is 3. The van der Waals surface area contributed by atoms with Gasteiger partial charge >= 0.3 is 5.97 Å². The van der Waals surface area contributed by atoms with Gasteiger partial charge in [-0.05, 0) is 42.2 Å². The summed E-state index contributed by atoms with van der Waals surface area (Å²) >= 11 is 0. The highest BCUT2D eigenvalue weighted by Crippen LogP contribution is 2.32. The van der Waals surface area contributed by atoms with E-state index in [0.29, 0.717) is 18.2 Å². The van der Waals surface area contributed by atoms with Gasteiger partial charge in [-0.3, -0.25) is 0 Å². The van der Waals surface area contributed by atoms with Crippen molar-refractivity contribution in [1.29, 1.82) is 0 Å². The summed E-state index contributed by atoms with van der Waals surface area (Å²) in [6.45, 7) is 1.73. The number of hydrogen-bond donors (Lipinski definition) is 2. The molecule has 2 aromatic carbocycles. The summed E-state index contributed by atoms with van der Waals surface area (Å²) in [6, 6.07) is 15.9. The lowest BCUT2D eigenvalue weighted by atomic mass is 10.0. The predicted molar refractivity (Wildman–Crippen MR) is 91.9 cm³/mol. The highest BCUT2D eigenvalue weighted by Gasteiger charge is 2.20. The molecular formula is C19H22N2O2. The van der Waals surface area contributed by atoms with Gasteiger partial charge in [0.1, 0.15) is 0 Å². The summed E-state index contributed by atoms with van der Waals surface area (Å²) in [5, 5.41) is 12.7. The molecule has 1 aliphatic rings. The van der Waals surface area contributed by atoms with Crippen LogP contribution >= 0.6 is 0 Å². The SMILES string of the molecule is CN1CCCC(NCc2cccc(C(=O)O)c2)c2ccccc21. The van der Waals surface area contributed by atoms with E-state index < -0.39 is 5.97 Å². The molecule has 0 radical (unpaired) electrons. The molecule has 0 amide bonds. The molecule has 23 heavy (non-hydrogen) atoms. The largest absolute Gasteiger partial charge is 0.478 e. The summed E-state index contributed by atoms with van der Waals surface area (Å²) in [4.78, 5) is 13.4. The number of nitrogens with zero attached hydrogens (tertiary/aromatic N) is 1. The molecule has 2 N–H and O–H groups in total. The van der Waals surface area contributed by atoms with Crippen LogP contribution in [-0.4, -0.2) is 24.7 Å². The molecule has 1 unspecified atom stereocenters. The molecule has 4 nitrogen and oxygen atoms in total. The number of para-hydroxylation sites is 1. The molecule has 1 atom stereocenters. The smallest absolute Gasteiger partial charge is 0.335 e. The van der Waals surface area contributed by atoms with Crippen LogP contribution in [0.2, 0.25) is 0 Å². The minimum Gasteiger partial charge on any atom is -0.478 e. The lowest BCUT2D eigenvalue weighted by molar-refractivity contribution is 0.0696. The molecule has 0 fully saturated rings.